The number of amides is 2. The van der Waals surface area contributed by atoms with Crippen molar-refractivity contribution in [3.8, 4) is 0 Å². The highest BCUT2D eigenvalue weighted by Gasteiger charge is 2.32. The third kappa shape index (κ3) is 3.21. The zero-order chi connectivity index (χ0) is 13.8. The van der Waals surface area contributed by atoms with Crippen molar-refractivity contribution in [2.45, 2.75) is 12.5 Å². The van der Waals surface area contributed by atoms with Gasteiger partial charge >= 0.3 is 0 Å². The second-order valence-corrected chi connectivity index (χ2v) is 5.04. The topological polar surface area (TPSA) is 97.5 Å². The van der Waals surface area contributed by atoms with E-state index < -0.39 is 6.04 Å². The van der Waals surface area contributed by atoms with Gasteiger partial charge in [0.25, 0.3) is 0 Å². The van der Waals surface area contributed by atoms with Crippen LogP contribution in [0.15, 0.2) is 5.38 Å². The van der Waals surface area contributed by atoms with Crippen LogP contribution in [0.25, 0.3) is 0 Å². The minimum absolute atomic E-state index is 0.137. The molecule has 0 aromatic carbocycles. The van der Waals surface area contributed by atoms with Gasteiger partial charge in [-0.2, -0.15) is 0 Å². The Labute approximate surface area is 114 Å². The van der Waals surface area contributed by atoms with Gasteiger partial charge in [0.15, 0.2) is 5.13 Å². The maximum Gasteiger partial charge on any atom is 0.244 e. The van der Waals surface area contributed by atoms with Crippen LogP contribution in [0.5, 0.6) is 0 Å². The molecule has 1 aliphatic heterocycles. The first kappa shape index (κ1) is 13.8. The van der Waals surface area contributed by atoms with Gasteiger partial charge in [0, 0.05) is 19.0 Å². The molecular formula is C11H16N4O3S. The number of ether oxygens (including phenoxy) is 1. The second kappa shape index (κ2) is 5.98. The summed E-state index contributed by atoms with van der Waals surface area (Å²) in [4.78, 5) is 29.5. The van der Waals surface area contributed by atoms with Crippen LogP contribution in [0, 0.1) is 0 Å². The van der Waals surface area contributed by atoms with Gasteiger partial charge in [-0.3, -0.25) is 9.59 Å². The molecule has 1 unspecified atom stereocenters. The van der Waals surface area contributed by atoms with E-state index in [-0.39, 0.29) is 24.8 Å². The molecule has 1 aromatic heterocycles. The predicted molar refractivity (Wildman–Crippen MR) is 70.6 cm³/mol. The van der Waals surface area contributed by atoms with Crippen LogP contribution < -0.4 is 11.1 Å². The Hall–Kier alpha value is -1.67. The minimum atomic E-state index is -0.567. The Morgan fingerprint density at radius 2 is 2.47 bits per heavy atom. The smallest absolute Gasteiger partial charge is 0.244 e. The fraction of sp³-hybridized carbons (Fsp3) is 0.545. The Morgan fingerprint density at radius 1 is 1.68 bits per heavy atom. The lowest BCUT2D eigenvalue weighted by Crippen LogP contribution is -2.55. The van der Waals surface area contributed by atoms with Crippen LogP contribution >= 0.6 is 11.3 Å². The van der Waals surface area contributed by atoms with E-state index >= 15 is 0 Å². The molecule has 1 atom stereocenters. The van der Waals surface area contributed by atoms with E-state index in [0.717, 1.165) is 0 Å². The molecule has 19 heavy (non-hydrogen) atoms. The normalized spacial score (nSPS) is 19.2. The minimum Gasteiger partial charge on any atom is -0.377 e. The summed E-state index contributed by atoms with van der Waals surface area (Å²) < 4.78 is 5.25. The van der Waals surface area contributed by atoms with Gasteiger partial charge in [-0.05, 0) is 0 Å². The fourth-order valence-electron chi connectivity index (χ4n) is 1.95. The number of thiazole rings is 1. The molecule has 2 heterocycles. The number of nitrogens with zero attached hydrogens (tertiary/aromatic N) is 2. The van der Waals surface area contributed by atoms with Gasteiger partial charge in [-0.25, -0.2) is 4.98 Å². The number of morpholine rings is 1. The number of rotatable bonds is 3. The zero-order valence-electron chi connectivity index (χ0n) is 10.6. The second-order valence-electron chi connectivity index (χ2n) is 4.15. The van der Waals surface area contributed by atoms with Gasteiger partial charge in [-0.1, -0.05) is 0 Å². The number of aromatic nitrogens is 1. The van der Waals surface area contributed by atoms with Crippen molar-refractivity contribution in [3.63, 3.8) is 0 Å². The van der Waals surface area contributed by atoms with Crippen LogP contribution in [0.1, 0.15) is 5.69 Å². The Bertz CT molecular complexity index is 476. The van der Waals surface area contributed by atoms with Gasteiger partial charge < -0.3 is 20.7 Å². The molecule has 0 saturated carbocycles. The molecule has 7 nitrogen and oxygen atoms in total. The summed E-state index contributed by atoms with van der Waals surface area (Å²) in [7, 11) is 1.54. The van der Waals surface area contributed by atoms with Crippen molar-refractivity contribution in [2.75, 3.05) is 32.5 Å². The van der Waals surface area contributed by atoms with Crippen molar-refractivity contribution in [3.05, 3.63) is 11.1 Å². The maximum absolute atomic E-state index is 12.2. The summed E-state index contributed by atoms with van der Waals surface area (Å²) in [5.74, 6) is -0.354. The number of hydrogen-bond acceptors (Lipinski definition) is 6. The molecule has 1 aliphatic rings. The number of hydrogen-bond donors (Lipinski definition) is 2. The third-order valence-corrected chi connectivity index (χ3v) is 3.62. The largest absolute Gasteiger partial charge is 0.377 e. The molecule has 1 fully saturated rings. The average molecular weight is 284 g/mol. The molecule has 104 valence electrons. The summed E-state index contributed by atoms with van der Waals surface area (Å²) in [5.41, 5.74) is 6.16. The summed E-state index contributed by atoms with van der Waals surface area (Å²) in [6, 6.07) is -0.567. The van der Waals surface area contributed by atoms with Crippen molar-refractivity contribution < 1.29 is 14.3 Å². The number of likely N-dealkylation sites (N-methyl/N-ethyl adjacent to an activating group) is 1. The highest BCUT2D eigenvalue weighted by molar-refractivity contribution is 7.13. The highest BCUT2D eigenvalue weighted by Crippen LogP contribution is 2.14. The molecule has 3 N–H and O–H groups in total. The zero-order valence-corrected chi connectivity index (χ0v) is 11.4. The molecule has 0 radical (unpaired) electrons. The van der Waals surface area contributed by atoms with E-state index in [4.69, 9.17) is 10.5 Å². The third-order valence-electron chi connectivity index (χ3n) is 2.90. The summed E-state index contributed by atoms with van der Waals surface area (Å²) in [6.07, 6.45) is 0.154. The SMILES string of the molecule is CNC(=O)C1COCCN1C(=O)Cc1csc(N)n1. The first-order chi connectivity index (χ1) is 9.11. The average Bonchev–Trinajstić information content (AvgIpc) is 2.83. The van der Waals surface area contributed by atoms with Crippen molar-refractivity contribution in [2.24, 2.45) is 0 Å². The Morgan fingerprint density at radius 3 is 3.11 bits per heavy atom. The lowest BCUT2D eigenvalue weighted by molar-refractivity contribution is -0.147. The molecule has 2 rings (SSSR count). The number of nitrogens with one attached hydrogen (secondary N) is 1. The summed E-state index contributed by atoms with van der Waals surface area (Å²) in [5, 5.41) is 4.73. The molecule has 1 saturated heterocycles. The number of nitrogens with two attached hydrogens (primary N) is 1. The standard InChI is InChI=1S/C11H16N4O3S/c1-13-10(17)8-5-18-3-2-15(8)9(16)4-7-6-19-11(12)14-7/h6,8H,2-5H2,1H3,(H2,12,14)(H,13,17). The van der Waals surface area contributed by atoms with Gasteiger partial charge in [0.2, 0.25) is 11.8 Å². The quantitative estimate of drug-likeness (QED) is 0.760. The van der Waals surface area contributed by atoms with Gasteiger partial charge in [0.1, 0.15) is 6.04 Å². The molecule has 2 amide bonds. The lowest BCUT2D eigenvalue weighted by atomic mass is 10.2. The molecular weight excluding hydrogens is 268 g/mol. The first-order valence-electron chi connectivity index (χ1n) is 5.90. The Balaban J connectivity index is 2.05. The lowest BCUT2D eigenvalue weighted by Gasteiger charge is -2.34. The molecule has 1 aromatic rings. The van der Waals surface area contributed by atoms with E-state index in [1.165, 1.54) is 16.2 Å². The van der Waals surface area contributed by atoms with Gasteiger partial charge in [0.05, 0.1) is 25.3 Å². The fourth-order valence-corrected chi connectivity index (χ4v) is 2.51. The van der Waals surface area contributed by atoms with Crippen molar-refractivity contribution >= 4 is 28.3 Å². The van der Waals surface area contributed by atoms with Crippen molar-refractivity contribution in [1.82, 2.24) is 15.2 Å². The van der Waals surface area contributed by atoms with Crippen molar-refractivity contribution in [1.29, 1.82) is 0 Å². The molecule has 0 spiro atoms. The first-order valence-corrected chi connectivity index (χ1v) is 6.78. The van der Waals surface area contributed by atoms with E-state index in [0.29, 0.717) is 24.0 Å². The maximum atomic E-state index is 12.2. The highest BCUT2D eigenvalue weighted by atomic mass is 32.1. The Kier molecular flexibility index (Phi) is 4.33. The molecule has 8 heteroatoms. The van der Waals surface area contributed by atoms with E-state index in [9.17, 15) is 9.59 Å². The number of carbonyl (C=O) groups is 2. The summed E-state index contributed by atoms with van der Waals surface area (Å²) in [6.45, 7) is 1.08. The van der Waals surface area contributed by atoms with Crippen LogP contribution in [0.2, 0.25) is 0 Å². The number of nitrogen functional groups attached to an aromatic ring is 1. The van der Waals surface area contributed by atoms with E-state index in [2.05, 4.69) is 10.3 Å². The summed E-state index contributed by atoms with van der Waals surface area (Å²) >= 11 is 1.30. The number of anilines is 1. The molecule has 0 bridgehead atoms. The van der Waals surface area contributed by atoms with Crippen LogP contribution in [-0.2, 0) is 20.7 Å². The van der Waals surface area contributed by atoms with E-state index in [1.807, 2.05) is 0 Å². The molecule has 0 aliphatic carbocycles. The monoisotopic (exact) mass is 284 g/mol. The van der Waals surface area contributed by atoms with Crippen LogP contribution in [0.3, 0.4) is 0 Å². The number of carbonyl (C=O) groups excluding carboxylic acids is 2. The van der Waals surface area contributed by atoms with Crippen LogP contribution in [-0.4, -0.2) is 54.5 Å². The predicted octanol–water partition coefficient (Wildman–Crippen LogP) is -0.759. The van der Waals surface area contributed by atoms with Crippen LogP contribution in [0.4, 0.5) is 5.13 Å². The van der Waals surface area contributed by atoms with E-state index in [1.54, 1.807) is 12.4 Å². The van der Waals surface area contributed by atoms with Gasteiger partial charge in [-0.15, -0.1) is 11.3 Å².